The molecule has 3 aliphatic rings. The number of anilines is 1. The fourth-order valence-electron chi connectivity index (χ4n) is 4.28. The van der Waals surface area contributed by atoms with Gasteiger partial charge in [-0.3, -0.25) is 19.4 Å². The van der Waals surface area contributed by atoms with Crippen LogP contribution in [-0.4, -0.2) is 59.8 Å². The lowest BCUT2D eigenvalue weighted by Gasteiger charge is -2.38. The molecule has 32 heavy (non-hydrogen) atoms. The van der Waals surface area contributed by atoms with Crippen LogP contribution in [0.1, 0.15) is 42.1 Å². The van der Waals surface area contributed by atoms with Crippen LogP contribution in [-0.2, 0) is 23.6 Å². The highest BCUT2D eigenvalue weighted by atomic mass is 32.2. The van der Waals surface area contributed by atoms with E-state index in [1.54, 1.807) is 28.9 Å². The van der Waals surface area contributed by atoms with Crippen LogP contribution in [0.3, 0.4) is 0 Å². The lowest BCUT2D eigenvalue weighted by molar-refractivity contribution is 0.0832. The topological polar surface area (TPSA) is 99.9 Å². The van der Waals surface area contributed by atoms with Gasteiger partial charge in [0.05, 0.1) is 47.0 Å². The van der Waals surface area contributed by atoms with E-state index < -0.39 is 22.2 Å². The lowest BCUT2D eigenvalue weighted by atomic mass is 10.1. The van der Waals surface area contributed by atoms with Gasteiger partial charge in [-0.05, 0) is 37.5 Å². The number of nitrogens with zero attached hydrogens (tertiary/aromatic N) is 5. The van der Waals surface area contributed by atoms with Crippen LogP contribution in [0.5, 0.6) is 0 Å². The first-order valence-corrected chi connectivity index (χ1v) is 12.1. The Morgan fingerprint density at radius 3 is 2.72 bits per heavy atom. The molecule has 11 heteroatoms. The van der Waals surface area contributed by atoms with Crippen LogP contribution in [0.15, 0.2) is 40.5 Å². The Labute approximate surface area is 186 Å². The normalized spacial score (nSPS) is 21.4. The van der Waals surface area contributed by atoms with Crippen molar-refractivity contribution in [1.82, 2.24) is 19.4 Å². The fraction of sp³-hybridized carbons (Fsp3) is 0.476. The highest BCUT2D eigenvalue weighted by Crippen LogP contribution is 2.39. The Kier molecular flexibility index (Phi) is 4.86. The van der Waals surface area contributed by atoms with Crippen LogP contribution >= 0.6 is 0 Å². The second kappa shape index (κ2) is 7.38. The van der Waals surface area contributed by atoms with E-state index in [1.807, 2.05) is 11.1 Å². The third-order valence-corrected chi connectivity index (χ3v) is 7.89. The summed E-state index contributed by atoms with van der Waals surface area (Å²) in [6.07, 6.45) is 5.28. The summed E-state index contributed by atoms with van der Waals surface area (Å²) in [5, 5.41) is 4.17. The maximum Gasteiger partial charge on any atom is 0.263 e. The van der Waals surface area contributed by atoms with Gasteiger partial charge in [0.15, 0.2) is 0 Å². The molecule has 0 spiro atoms. The Bertz CT molecular complexity index is 1220. The van der Waals surface area contributed by atoms with Crippen molar-refractivity contribution >= 4 is 27.6 Å². The molecule has 0 unspecified atom stereocenters. The number of carbonyl (C=O) groups is 1. The van der Waals surface area contributed by atoms with Gasteiger partial charge in [-0.1, -0.05) is 6.92 Å². The minimum atomic E-state index is -3.96. The number of alkyl halides is 1. The van der Waals surface area contributed by atoms with Crippen molar-refractivity contribution in [3.8, 4) is 0 Å². The summed E-state index contributed by atoms with van der Waals surface area (Å²) in [5.74, 6) is 0.251. The van der Waals surface area contributed by atoms with Crippen molar-refractivity contribution in [2.24, 2.45) is 12.0 Å². The average molecular weight is 461 g/mol. The second-order valence-corrected chi connectivity index (χ2v) is 10.4. The number of rotatable bonds is 7. The zero-order chi connectivity index (χ0) is 22.7. The summed E-state index contributed by atoms with van der Waals surface area (Å²) in [7, 11) is -2.16. The number of hydrogen-bond donors (Lipinski definition) is 1. The fourth-order valence-corrected chi connectivity index (χ4v) is 5.74. The number of aryl methyl sites for hydroxylation is 1. The smallest absolute Gasteiger partial charge is 0.263 e. The molecule has 1 aliphatic carbocycles. The van der Waals surface area contributed by atoms with E-state index in [-0.39, 0.29) is 23.4 Å². The molecule has 1 N–H and O–H groups in total. The van der Waals surface area contributed by atoms with E-state index in [1.165, 1.54) is 12.1 Å². The zero-order valence-corrected chi connectivity index (χ0v) is 18.8. The van der Waals surface area contributed by atoms with Gasteiger partial charge < -0.3 is 4.90 Å². The van der Waals surface area contributed by atoms with Crippen molar-refractivity contribution in [3.05, 3.63) is 41.7 Å². The number of nitrogens with one attached hydrogen (secondary N) is 1. The minimum Gasteiger partial charge on any atom is -0.306 e. The first-order chi connectivity index (χ1) is 15.3. The number of amides is 1. The minimum absolute atomic E-state index is 0.0433. The summed E-state index contributed by atoms with van der Waals surface area (Å²) in [4.78, 5) is 21.7. The second-order valence-electron chi connectivity index (χ2n) is 8.68. The summed E-state index contributed by atoms with van der Waals surface area (Å²) >= 11 is 0. The van der Waals surface area contributed by atoms with Gasteiger partial charge in [0.25, 0.3) is 5.91 Å². The highest BCUT2D eigenvalue weighted by molar-refractivity contribution is 7.89. The number of carbonyl (C=O) groups excluding carboxylic acids is 1. The molecule has 5 rings (SSSR count). The third-order valence-electron chi connectivity index (χ3n) is 6.31. The molecule has 3 heterocycles. The standard InChI is InChI=1S/C21H25FN6O3S/c1-3-15-10-23-20-27(12-14-9-24-26(2)11-14)19(29)17-8-16(4-5-18(17)28(15)20)32(30,31)25-21(13-22)6-7-21/h4-5,8-9,11,15,25H,3,6-7,10,12-13H2,1-2H3/t15-/m1/s1. The number of halogens is 1. The van der Waals surface area contributed by atoms with Crippen molar-refractivity contribution in [2.75, 3.05) is 18.1 Å². The van der Waals surface area contributed by atoms with Crippen LogP contribution in [0.4, 0.5) is 10.1 Å². The molecule has 0 saturated heterocycles. The molecule has 0 radical (unpaired) electrons. The van der Waals surface area contributed by atoms with Crippen LogP contribution in [0, 0.1) is 0 Å². The lowest BCUT2D eigenvalue weighted by Crippen LogP contribution is -2.52. The number of benzene rings is 1. The largest absolute Gasteiger partial charge is 0.306 e. The Morgan fingerprint density at radius 2 is 2.09 bits per heavy atom. The zero-order valence-electron chi connectivity index (χ0n) is 18.0. The molecule has 1 atom stereocenters. The number of sulfonamides is 1. The number of guanidine groups is 1. The molecule has 170 valence electrons. The van der Waals surface area contributed by atoms with Gasteiger partial charge in [-0.15, -0.1) is 0 Å². The molecule has 0 bridgehead atoms. The monoisotopic (exact) mass is 460 g/mol. The van der Waals surface area contributed by atoms with E-state index in [0.717, 1.165) is 12.0 Å². The predicted molar refractivity (Wildman–Crippen MR) is 117 cm³/mol. The van der Waals surface area contributed by atoms with Crippen LogP contribution in [0.2, 0.25) is 0 Å². The van der Waals surface area contributed by atoms with E-state index in [4.69, 9.17) is 0 Å². The van der Waals surface area contributed by atoms with Gasteiger partial charge in [0, 0.05) is 18.8 Å². The van der Waals surface area contributed by atoms with Crippen molar-refractivity contribution in [3.63, 3.8) is 0 Å². The van der Waals surface area contributed by atoms with Crippen molar-refractivity contribution in [2.45, 2.75) is 49.2 Å². The van der Waals surface area contributed by atoms with Gasteiger partial charge in [-0.25, -0.2) is 17.5 Å². The molecule has 1 aromatic heterocycles. The molecule has 1 aromatic carbocycles. The SMILES string of the molecule is CC[C@@H]1CN=C2N(Cc3cnn(C)c3)C(=O)c3cc(S(=O)(=O)NC4(CF)CC4)ccc3N21. The first-order valence-electron chi connectivity index (χ1n) is 10.6. The first kappa shape index (κ1) is 21.1. The Hall–Kier alpha value is -2.79. The number of fused-ring (bicyclic) bond motifs is 3. The molecular formula is C21H25FN6O3S. The maximum atomic E-state index is 13.5. The quantitative estimate of drug-likeness (QED) is 0.679. The maximum absolute atomic E-state index is 13.5. The summed E-state index contributed by atoms with van der Waals surface area (Å²) in [5.41, 5.74) is 0.774. The summed E-state index contributed by atoms with van der Waals surface area (Å²) in [6.45, 7) is 2.14. The molecule has 9 nitrogen and oxygen atoms in total. The van der Waals surface area contributed by atoms with Gasteiger partial charge >= 0.3 is 0 Å². The summed E-state index contributed by atoms with van der Waals surface area (Å²) in [6, 6.07) is 4.60. The molecule has 1 amide bonds. The van der Waals surface area contributed by atoms with Crippen LogP contribution < -0.4 is 9.62 Å². The van der Waals surface area contributed by atoms with Gasteiger partial charge in [-0.2, -0.15) is 5.10 Å². The van der Waals surface area contributed by atoms with E-state index in [0.29, 0.717) is 36.6 Å². The highest BCUT2D eigenvalue weighted by Gasteiger charge is 2.47. The van der Waals surface area contributed by atoms with Crippen molar-refractivity contribution in [1.29, 1.82) is 0 Å². The Balaban J connectivity index is 1.55. The molecule has 1 fully saturated rings. The number of hydrogen-bond acceptors (Lipinski definition) is 6. The van der Waals surface area contributed by atoms with Crippen molar-refractivity contribution < 1.29 is 17.6 Å². The van der Waals surface area contributed by atoms with Gasteiger partial charge in [0.1, 0.15) is 6.67 Å². The Morgan fingerprint density at radius 1 is 1.31 bits per heavy atom. The van der Waals surface area contributed by atoms with Gasteiger partial charge in [0.2, 0.25) is 16.0 Å². The number of aromatic nitrogens is 2. The number of aliphatic imine (C=N–C) groups is 1. The third kappa shape index (κ3) is 3.39. The van der Waals surface area contributed by atoms with E-state index in [9.17, 15) is 17.6 Å². The summed E-state index contributed by atoms with van der Waals surface area (Å²) < 4.78 is 43.3. The van der Waals surface area contributed by atoms with E-state index >= 15 is 0 Å². The van der Waals surface area contributed by atoms with E-state index in [2.05, 4.69) is 21.7 Å². The average Bonchev–Trinajstić information content (AvgIpc) is 3.20. The molecule has 2 aliphatic heterocycles. The molecule has 1 saturated carbocycles. The predicted octanol–water partition coefficient (Wildman–Crippen LogP) is 1.81. The molecule has 2 aromatic rings. The molecular weight excluding hydrogens is 435 g/mol. The van der Waals surface area contributed by atoms with Crippen LogP contribution in [0.25, 0.3) is 0 Å².